The van der Waals surface area contributed by atoms with E-state index in [0.29, 0.717) is 18.4 Å². The second-order valence-electron chi connectivity index (χ2n) is 5.49. The molecule has 2 aliphatic rings. The minimum atomic E-state index is -0.888. The second-order valence-corrected chi connectivity index (χ2v) is 5.49. The minimum Gasteiger partial charge on any atom is -0.372 e. The standard InChI is InChI=1S/C14H16F3NO/c15-10-2-1-7(3-12(10)17)6-19-13-5-8-9(14(13)18)4-11(8)16/h1-3,8-9,11,13-14H,4-6,18H2/t8-,9?,11?,13-,14?/m1/s1. The van der Waals surface area contributed by atoms with Gasteiger partial charge in [-0.1, -0.05) is 6.07 Å². The van der Waals surface area contributed by atoms with Gasteiger partial charge in [-0.2, -0.15) is 0 Å². The van der Waals surface area contributed by atoms with Gasteiger partial charge in [0, 0.05) is 6.04 Å². The van der Waals surface area contributed by atoms with Gasteiger partial charge in [-0.3, -0.25) is 0 Å². The third-order valence-corrected chi connectivity index (χ3v) is 4.39. The molecular formula is C14H16F3NO. The number of fused-ring (bicyclic) bond motifs is 1. The van der Waals surface area contributed by atoms with E-state index in [-0.39, 0.29) is 30.6 Å². The van der Waals surface area contributed by atoms with Crippen molar-refractivity contribution in [2.24, 2.45) is 17.6 Å². The number of benzene rings is 1. The number of ether oxygens (including phenoxy) is 1. The highest BCUT2D eigenvalue weighted by Crippen LogP contribution is 2.49. The third-order valence-electron chi connectivity index (χ3n) is 4.39. The van der Waals surface area contributed by atoms with Crippen LogP contribution in [-0.2, 0) is 11.3 Å². The van der Waals surface area contributed by atoms with E-state index >= 15 is 0 Å². The average Bonchev–Trinajstić information content (AvgIpc) is 2.63. The molecule has 3 rings (SSSR count). The van der Waals surface area contributed by atoms with Gasteiger partial charge in [0.1, 0.15) is 6.17 Å². The van der Waals surface area contributed by atoms with Crippen LogP contribution in [0.5, 0.6) is 0 Å². The number of alkyl halides is 1. The van der Waals surface area contributed by atoms with Gasteiger partial charge in [0.15, 0.2) is 11.6 Å². The van der Waals surface area contributed by atoms with E-state index in [1.54, 1.807) is 0 Å². The highest BCUT2D eigenvalue weighted by Gasteiger charge is 2.53. The first-order chi connectivity index (χ1) is 9.06. The Morgan fingerprint density at radius 3 is 2.58 bits per heavy atom. The summed E-state index contributed by atoms with van der Waals surface area (Å²) < 4.78 is 44.7. The fraction of sp³-hybridized carbons (Fsp3) is 0.571. The predicted octanol–water partition coefficient (Wildman–Crippen LogP) is 2.56. The first-order valence-corrected chi connectivity index (χ1v) is 6.51. The molecule has 1 aromatic rings. The van der Waals surface area contributed by atoms with Gasteiger partial charge in [-0.25, -0.2) is 13.2 Å². The van der Waals surface area contributed by atoms with Gasteiger partial charge in [0.25, 0.3) is 0 Å². The molecule has 104 valence electrons. The molecule has 0 amide bonds. The molecule has 0 heterocycles. The van der Waals surface area contributed by atoms with Crippen molar-refractivity contribution in [3.63, 3.8) is 0 Å². The summed E-state index contributed by atoms with van der Waals surface area (Å²) in [6, 6.07) is 3.51. The van der Waals surface area contributed by atoms with E-state index in [4.69, 9.17) is 10.5 Å². The molecule has 0 bridgehead atoms. The molecule has 0 aromatic heterocycles. The summed E-state index contributed by atoms with van der Waals surface area (Å²) in [4.78, 5) is 0. The summed E-state index contributed by atoms with van der Waals surface area (Å²) in [6.45, 7) is 0.173. The number of nitrogens with two attached hydrogens (primary N) is 1. The molecule has 5 heteroatoms. The largest absolute Gasteiger partial charge is 0.372 e. The zero-order valence-electron chi connectivity index (χ0n) is 10.4. The second kappa shape index (κ2) is 4.80. The van der Waals surface area contributed by atoms with Crippen molar-refractivity contribution >= 4 is 0 Å². The van der Waals surface area contributed by atoms with Crippen molar-refractivity contribution in [1.82, 2.24) is 0 Å². The van der Waals surface area contributed by atoms with Crippen LogP contribution < -0.4 is 5.73 Å². The highest BCUT2D eigenvalue weighted by molar-refractivity contribution is 5.17. The summed E-state index contributed by atoms with van der Waals surface area (Å²) >= 11 is 0. The molecule has 0 spiro atoms. The Bertz CT molecular complexity index is 482. The van der Waals surface area contributed by atoms with Crippen LogP contribution in [0.4, 0.5) is 13.2 Å². The van der Waals surface area contributed by atoms with E-state index < -0.39 is 17.8 Å². The Hall–Kier alpha value is -1.07. The zero-order valence-corrected chi connectivity index (χ0v) is 10.4. The van der Waals surface area contributed by atoms with Gasteiger partial charge < -0.3 is 10.5 Å². The normalized spacial score (nSPS) is 36.9. The van der Waals surface area contributed by atoms with E-state index in [0.717, 1.165) is 12.1 Å². The molecule has 0 saturated heterocycles. The number of hydrogen-bond acceptors (Lipinski definition) is 2. The Labute approximate surface area is 109 Å². The summed E-state index contributed by atoms with van der Waals surface area (Å²) in [7, 11) is 0. The monoisotopic (exact) mass is 271 g/mol. The molecule has 2 saturated carbocycles. The molecule has 2 nitrogen and oxygen atoms in total. The molecule has 2 fully saturated rings. The zero-order chi connectivity index (χ0) is 13.6. The van der Waals surface area contributed by atoms with Crippen LogP contribution in [-0.4, -0.2) is 18.3 Å². The molecule has 2 N–H and O–H groups in total. The fourth-order valence-electron chi connectivity index (χ4n) is 3.16. The van der Waals surface area contributed by atoms with Crippen molar-refractivity contribution in [3.8, 4) is 0 Å². The van der Waals surface area contributed by atoms with Crippen molar-refractivity contribution < 1.29 is 17.9 Å². The van der Waals surface area contributed by atoms with Gasteiger partial charge in [-0.15, -0.1) is 0 Å². The molecular weight excluding hydrogens is 255 g/mol. The quantitative estimate of drug-likeness (QED) is 0.917. The van der Waals surface area contributed by atoms with Crippen molar-refractivity contribution in [1.29, 1.82) is 0 Å². The van der Waals surface area contributed by atoms with Crippen molar-refractivity contribution in [2.45, 2.75) is 37.8 Å². The van der Waals surface area contributed by atoms with Crippen LogP contribution in [0.1, 0.15) is 18.4 Å². The van der Waals surface area contributed by atoms with Crippen molar-refractivity contribution in [3.05, 3.63) is 35.4 Å². The van der Waals surface area contributed by atoms with Crippen LogP contribution in [0.3, 0.4) is 0 Å². The fourth-order valence-corrected chi connectivity index (χ4v) is 3.16. The van der Waals surface area contributed by atoms with Crippen LogP contribution in [0.15, 0.2) is 18.2 Å². The Kier molecular flexibility index (Phi) is 3.27. The third kappa shape index (κ3) is 2.25. The molecule has 1 aromatic carbocycles. The van der Waals surface area contributed by atoms with E-state index in [1.165, 1.54) is 6.07 Å². The first-order valence-electron chi connectivity index (χ1n) is 6.51. The van der Waals surface area contributed by atoms with Gasteiger partial charge >= 0.3 is 0 Å². The first kappa shape index (κ1) is 12.9. The highest BCUT2D eigenvalue weighted by atomic mass is 19.2. The van der Waals surface area contributed by atoms with Gasteiger partial charge in [-0.05, 0) is 42.4 Å². The van der Waals surface area contributed by atoms with Crippen LogP contribution in [0, 0.1) is 23.5 Å². The number of hydrogen-bond donors (Lipinski definition) is 1. The number of rotatable bonds is 3. The molecule has 5 atom stereocenters. The lowest BCUT2D eigenvalue weighted by Gasteiger charge is -2.36. The summed E-state index contributed by atoms with van der Waals surface area (Å²) in [5, 5.41) is 0. The summed E-state index contributed by atoms with van der Waals surface area (Å²) in [5.74, 6) is -1.53. The van der Waals surface area contributed by atoms with E-state index in [2.05, 4.69) is 0 Å². The molecule has 3 unspecified atom stereocenters. The van der Waals surface area contributed by atoms with Gasteiger partial charge in [0.05, 0.1) is 12.7 Å². The average molecular weight is 271 g/mol. The van der Waals surface area contributed by atoms with Gasteiger partial charge in [0.2, 0.25) is 0 Å². The van der Waals surface area contributed by atoms with Crippen molar-refractivity contribution in [2.75, 3.05) is 0 Å². The predicted molar refractivity (Wildman–Crippen MR) is 64.0 cm³/mol. The maximum absolute atomic E-state index is 13.3. The maximum Gasteiger partial charge on any atom is 0.159 e. The Morgan fingerprint density at radius 2 is 1.95 bits per heavy atom. The molecule has 2 aliphatic carbocycles. The Morgan fingerprint density at radius 1 is 1.16 bits per heavy atom. The maximum atomic E-state index is 13.3. The van der Waals surface area contributed by atoms with E-state index in [1.807, 2.05) is 0 Å². The lowest BCUT2D eigenvalue weighted by Crippen LogP contribution is -2.44. The van der Waals surface area contributed by atoms with Crippen LogP contribution >= 0.6 is 0 Å². The lowest BCUT2D eigenvalue weighted by atomic mass is 9.73. The lowest BCUT2D eigenvalue weighted by molar-refractivity contribution is 0.0321. The summed E-state index contributed by atoms with van der Waals surface area (Å²) in [5.41, 5.74) is 6.58. The van der Waals surface area contributed by atoms with E-state index in [9.17, 15) is 13.2 Å². The topological polar surface area (TPSA) is 35.2 Å². The van der Waals surface area contributed by atoms with Crippen LogP contribution in [0.25, 0.3) is 0 Å². The van der Waals surface area contributed by atoms with Crippen LogP contribution in [0.2, 0.25) is 0 Å². The molecule has 0 radical (unpaired) electrons. The molecule has 0 aliphatic heterocycles. The number of halogens is 3. The summed E-state index contributed by atoms with van der Waals surface area (Å²) in [6.07, 6.45) is 0.199. The smallest absolute Gasteiger partial charge is 0.159 e. The minimum absolute atomic E-state index is 0.0185. The Balaban J connectivity index is 1.59. The molecule has 19 heavy (non-hydrogen) atoms. The SMILES string of the molecule is NC1C2CC(F)[C@@H]2C[C@H]1OCc1ccc(F)c(F)c1.